The predicted octanol–water partition coefficient (Wildman–Crippen LogP) is 4.47. The molecule has 0 N–H and O–H groups in total. The SMILES string of the molecule is CCN(CC)C(=O)C(=O)c1cn(CCCOc2ccccc2C)c2ccccc12. The molecule has 0 aliphatic carbocycles. The first-order chi connectivity index (χ1) is 14.1. The standard InChI is InChI=1S/C24H28N2O3/c1-4-25(5-2)24(28)23(27)20-17-26(21-13-8-7-12-19(20)21)15-10-16-29-22-14-9-6-11-18(22)3/h6-9,11-14,17H,4-5,10,15-16H2,1-3H3. The Labute approximate surface area is 171 Å². The second-order valence-electron chi connectivity index (χ2n) is 7.03. The van der Waals surface area contributed by atoms with Gasteiger partial charge in [-0.15, -0.1) is 0 Å². The number of carbonyl (C=O) groups is 2. The van der Waals surface area contributed by atoms with E-state index in [1.807, 2.05) is 80.1 Å². The summed E-state index contributed by atoms with van der Waals surface area (Å²) in [7, 11) is 0. The van der Waals surface area contributed by atoms with Gasteiger partial charge in [-0.2, -0.15) is 0 Å². The van der Waals surface area contributed by atoms with E-state index in [2.05, 4.69) is 0 Å². The minimum atomic E-state index is -0.445. The fourth-order valence-corrected chi connectivity index (χ4v) is 3.52. The van der Waals surface area contributed by atoms with Crippen LogP contribution in [0.3, 0.4) is 0 Å². The fourth-order valence-electron chi connectivity index (χ4n) is 3.52. The average molecular weight is 392 g/mol. The molecule has 5 heteroatoms. The molecular weight excluding hydrogens is 364 g/mol. The van der Waals surface area contributed by atoms with E-state index < -0.39 is 11.7 Å². The summed E-state index contributed by atoms with van der Waals surface area (Å²) in [4.78, 5) is 27.0. The van der Waals surface area contributed by atoms with Crippen molar-refractivity contribution in [2.24, 2.45) is 0 Å². The number of hydrogen-bond acceptors (Lipinski definition) is 3. The summed E-state index contributed by atoms with van der Waals surface area (Å²) >= 11 is 0. The Morgan fingerprint density at radius 3 is 2.41 bits per heavy atom. The van der Waals surface area contributed by atoms with Crippen LogP contribution in [0.15, 0.2) is 54.7 Å². The fraction of sp³-hybridized carbons (Fsp3) is 0.333. The Kier molecular flexibility index (Phi) is 6.70. The number of aromatic nitrogens is 1. The number of aryl methyl sites for hydroxylation is 2. The van der Waals surface area contributed by atoms with Crippen molar-refractivity contribution in [1.82, 2.24) is 9.47 Å². The normalized spacial score (nSPS) is 10.9. The Morgan fingerprint density at radius 1 is 1.00 bits per heavy atom. The van der Waals surface area contributed by atoms with Crippen LogP contribution in [0.5, 0.6) is 5.75 Å². The summed E-state index contributed by atoms with van der Waals surface area (Å²) in [5.41, 5.74) is 2.54. The van der Waals surface area contributed by atoms with Gasteiger partial charge >= 0.3 is 0 Å². The largest absolute Gasteiger partial charge is 0.493 e. The van der Waals surface area contributed by atoms with Gasteiger partial charge in [-0.05, 0) is 44.9 Å². The van der Waals surface area contributed by atoms with E-state index in [9.17, 15) is 9.59 Å². The summed E-state index contributed by atoms with van der Waals surface area (Å²) < 4.78 is 7.92. The average Bonchev–Trinajstić information content (AvgIpc) is 3.11. The van der Waals surface area contributed by atoms with Gasteiger partial charge in [0, 0.05) is 36.7 Å². The third-order valence-corrected chi connectivity index (χ3v) is 5.17. The first kappa shape index (κ1) is 20.6. The van der Waals surface area contributed by atoms with Crippen molar-refractivity contribution in [2.75, 3.05) is 19.7 Å². The monoisotopic (exact) mass is 392 g/mol. The number of benzene rings is 2. The Hall–Kier alpha value is -3.08. The van der Waals surface area contributed by atoms with E-state index in [1.165, 1.54) is 0 Å². The summed E-state index contributed by atoms with van der Waals surface area (Å²) in [6.45, 7) is 8.13. The molecule has 0 saturated carbocycles. The number of amides is 1. The van der Waals surface area contributed by atoms with Gasteiger partial charge in [0.2, 0.25) is 0 Å². The van der Waals surface area contributed by atoms with E-state index in [4.69, 9.17) is 4.74 Å². The number of ether oxygens (including phenoxy) is 1. The zero-order valence-electron chi connectivity index (χ0n) is 17.4. The molecule has 1 heterocycles. The minimum absolute atomic E-state index is 0.444. The van der Waals surface area contributed by atoms with Crippen LogP contribution >= 0.6 is 0 Å². The van der Waals surface area contributed by atoms with Gasteiger partial charge < -0.3 is 14.2 Å². The zero-order valence-corrected chi connectivity index (χ0v) is 17.4. The van der Waals surface area contributed by atoms with Gasteiger partial charge in [0.25, 0.3) is 11.7 Å². The summed E-state index contributed by atoms with van der Waals surface area (Å²) in [6.07, 6.45) is 2.60. The first-order valence-electron chi connectivity index (χ1n) is 10.2. The van der Waals surface area contributed by atoms with Crippen LogP contribution < -0.4 is 4.74 Å². The number of fused-ring (bicyclic) bond motifs is 1. The molecule has 3 aromatic rings. The number of ketones is 1. The molecule has 5 nitrogen and oxygen atoms in total. The number of Topliss-reactive ketones (excluding diaryl/α,β-unsaturated/α-hetero) is 1. The molecule has 0 spiro atoms. The zero-order chi connectivity index (χ0) is 20.8. The minimum Gasteiger partial charge on any atom is -0.493 e. The maximum Gasteiger partial charge on any atom is 0.295 e. The highest BCUT2D eigenvalue weighted by molar-refractivity contribution is 6.44. The van der Waals surface area contributed by atoms with Gasteiger partial charge in [0.05, 0.1) is 12.2 Å². The molecule has 0 radical (unpaired) electrons. The molecular formula is C24H28N2O3. The molecule has 0 fully saturated rings. The molecule has 29 heavy (non-hydrogen) atoms. The quantitative estimate of drug-likeness (QED) is 0.307. The number of rotatable bonds is 9. The van der Waals surface area contributed by atoms with Crippen molar-refractivity contribution < 1.29 is 14.3 Å². The van der Waals surface area contributed by atoms with Crippen LogP contribution in [0.2, 0.25) is 0 Å². The highest BCUT2D eigenvalue weighted by Crippen LogP contribution is 2.23. The lowest BCUT2D eigenvalue weighted by Gasteiger charge is -2.17. The van der Waals surface area contributed by atoms with Crippen molar-refractivity contribution in [3.63, 3.8) is 0 Å². The molecule has 0 aliphatic rings. The highest BCUT2D eigenvalue weighted by atomic mass is 16.5. The number of nitrogens with zero attached hydrogens (tertiary/aromatic N) is 2. The molecule has 1 aromatic heterocycles. The molecule has 0 aliphatic heterocycles. The Morgan fingerprint density at radius 2 is 1.69 bits per heavy atom. The molecule has 0 atom stereocenters. The van der Waals surface area contributed by atoms with Crippen LogP contribution in [0.4, 0.5) is 0 Å². The molecule has 1 amide bonds. The Balaban J connectivity index is 1.75. The summed E-state index contributed by atoms with van der Waals surface area (Å²) in [6, 6.07) is 15.7. The second-order valence-corrected chi connectivity index (χ2v) is 7.03. The number of hydrogen-bond donors (Lipinski definition) is 0. The van der Waals surface area contributed by atoms with Crippen molar-refractivity contribution in [1.29, 1.82) is 0 Å². The topological polar surface area (TPSA) is 51.5 Å². The van der Waals surface area contributed by atoms with Crippen molar-refractivity contribution in [2.45, 2.75) is 33.7 Å². The van der Waals surface area contributed by atoms with E-state index in [0.29, 0.717) is 31.8 Å². The second kappa shape index (κ2) is 9.41. The van der Waals surface area contributed by atoms with E-state index in [1.54, 1.807) is 4.90 Å². The van der Waals surface area contributed by atoms with Crippen LogP contribution in [0, 0.1) is 6.92 Å². The Bertz CT molecular complexity index is 1000. The van der Waals surface area contributed by atoms with Gasteiger partial charge in [0.1, 0.15) is 5.75 Å². The molecule has 0 bridgehead atoms. The van der Waals surface area contributed by atoms with Crippen molar-refractivity contribution >= 4 is 22.6 Å². The maximum atomic E-state index is 12.9. The number of para-hydroxylation sites is 2. The third kappa shape index (κ3) is 4.50. The van der Waals surface area contributed by atoms with Gasteiger partial charge in [-0.25, -0.2) is 0 Å². The number of carbonyl (C=O) groups excluding carboxylic acids is 2. The smallest absolute Gasteiger partial charge is 0.295 e. The third-order valence-electron chi connectivity index (χ3n) is 5.17. The van der Waals surface area contributed by atoms with Crippen molar-refractivity contribution in [3.05, 3.63) is 65.9 Å². The number of likely N-dealkylation sites (N-methyl/N-ethyl adjacent to an activating group) is 1. The van der Waals surface area contributed by atoms with E-state index in [-0.39, 0.29) is 0 Å². The van der Waals surface area contributed by atoms with Crippen LogP contribution in [-0.4, -0.2) is 40.9 Å². The lowest BCUT2D eigenvalue weighted by Crippen LogP contribution is -2.36. The van der Waals surface area contributed by atoms with Crippen LogP contribution in [0.1, 0.15) is 36.2 Å². The lowest BCUT2D eigenvalue weighted by atomic mass is 10.1. The maximum absolute atomic E-state index is 12.9. The molecule has 0 saturated heterocycles. The van der Waals surface area contributed by atoms with Crippen LogP contribution in [0.25, 0.3) is 10.9 Å². The first-order valence-corrected chi connectivity index (χ1v) is 10.2. The molecule has 3 rings (SSSR count). The van der Waals surface area contributed by atoms with Crippen molar-refractivity contribution in [3.8, 4) is 5.75 Å². The van der Waals surface area contributed by atoms with E-state index >= 15 is 0 Å². The van der Waals surface area contributed by atoms with Gasteiger partial charge in [0.15, 0.2) is 0 Å². The lowest BCUT2D eigenvalue weighted by molar-refractivity contribution is -0.126. The molecule has 152 valence electrons. The molecule has 0 unspecified atom stereocenters. The highest BCUT2D eigenvalue weighted by Gasteiger charge is 2.24. The van der Waals surface area contributed by atoms with Gasteiger partial charge in [-0.1, -0.05) is 36.4 Å². The summed E-state index contributed by atoms with van der Waals surface area (Å²) in [5.74, 6) is 0.00569. The van der Waals surface area contributed by atoms with E-state index in [0.717, 1.165) is 28.6 Å². The van der Waals surface area contributed by atoms with Gasteiger partial charge in [-0.3, -0.25) is 9.59 Å². The summed E-state index contributed by atoms with van der Waals surface area (Å²) in [5, 5.41) is 0.817. The predicted molar refractivity (Wildman–Crippen MR) is 115 cm³/mol. The van der Waals surface area contributed by atoms with Crippen LogP contribution in [-0.2, 0) is 11.3 Å². The molecule has 2 aromatic carbocycles.